The van der Waals surface area contributed by atoms with Gasteiger partial charge in [-0.3, -0.25) is 4.99 Å². The summed E-state index contributed by atoms with van der Waals surface area (Å²) in [6.45, 7) is 6.04. The number of likely N-dealkylation sites (tertiary alicyclic amines) is 1. The first-order valence-electron chi connectivity index (χ1n) is 10.0. The molecule has 2 heterocycles. The maximum atomic E-state index is 6.11. The van der Waals surface area contributed by atoms with Crippen molar-refractivity contribution in [3.63, 3.8) is 0 Å². The smallest absolute Gasteiger partial charge is 0.193 e. The van der Waals surface area contributed by atoms with Gasteiger partial charge in [-0.15, -0.1) is 0 Å². The van der Waals surface area contributed by atoms with E-state index in [2.05, 4.69) is 22.1 Å². The number of aliphatic imine (C=N–C) groups is 1. The number of guanidine groups is 1. The molecule has 0 spiro atoms. The second-order valence-electron chi connectivity index (χ2n) is 7.59. The van der Waals surface area contributed by atoms with E-state index in [1.807, 2.05) is 7.05 Å². The number of nitrogens with one attached hydrogen (secondary N) is 1. The van der Waals surface area contributed by atoms with Gasteiger partial charge < -0.3 is 19.7 Å². The van der Waals surface area contributed by atoms with Gasteiger partial charge in [-0.2, -0.15) is 0 Å². The van der Waals surface area contributed by atoms with Crippen LogP contribution in [0.4, 0.5) is 0 Å². The Bertz CT molecular complexity index is 401. The van der Waals surface area contributed by atoms with Gasteiger partial charge in [0, 0.05) is 32.8 Å². The molecule has 3 unspecified atom stereocenters. The molecule has 0 amide bonds. The largest absolute Gasteiger partial charge is 0.376 e. The van der Waals surface area contributed by atoms with Crippen molar-refractivity contribution in [2.45, 2.75) is 76.5 Å². The minimum atomic E-state index is 0.330. The minimum Gasteiger partial charge on any atom is -0.376 e. The lowest BCUT2D eigenvalue weighted by Gasteiger charge is -2.35. The van der Waals surface area contributed by atoms with Gasteiger partial charge in [-0.1, -0.05) is 13.3 Å². The Balaban J connectivity index is 1.34. The summed E-state index contributed by atoms with van der Waals surface area (Å²) in [5, 5.41) is 3.66. The molecule has 3 atom stereocenters. The first kappa shape index (κ1) is 18.0. The third-order valence-electron chi connectivity index (χ3n) is 5.64. The molecule has 0 aromatic carbocycles. The van der Waals surface area contributed by atoms with Crippen molar-refractivity contribution in [1.82, 2.24) is 10.2 Å². The van der Waals surface area contributed by atoms with Crippen LogP contribution >= 0.6 is 0 Å². The zero-order valence-electron chi connectivity index (χ0n) is 15.5. The Kier molecular flexibility index (Phi) is 6.78. The Morgan fingerprint density at radius 1 is 1.25 bits per heavy atom. The Morgan fingerprint density at radius 2 is 2.08 bits per heavy atom. The van der Waals surface area contributed by atoms with Crippen LogP contribution in [0.15, 0.2) is 4.99 Å². The molecule has 0 aromatic heterocycles. The number of hydrogen-bond donors (Lipinski definition) is 1. The van der Waals surface area contributed by atoms with Crippen molar-refractivity contribution in [1.29, 1.82) is 0 Å². The molecule has 0 bridgehead atoms. The summed E-state index contributed by atoms with van der Waals surface area (Å²) < 4.78 is 11.9. The van der Waals surface area contributed by atoms with Crippen LogP contribution in [-0.2, 0) is 9.47 Å². The van der Waals surface area contributed by atoms with Gasteiger partial charge in [0.1, 0.15) is 0 Å². The number of ether oxygens (including phenoxy) is 2. The number of hydrogen-bond acceptors (Lipinski definition) is 3. The SMILES string of the molecule is CCCC1CC1NC(=NC)N1CCC(OCC2CCCCO2)CC1. The fraction of sp³-hybridized carbons (Fsp3) is 0.947. The highest BCUT2D eigenvalue weighted by Gasteiger charge is 2.37. The lowest BCUT2D eigenvalue weighted by Crippen LogP contribution is -2.48. The van der Waals surface area contributed by atoms with Gasteiger partial charge in [-0.25, -0.2) is 0 Å². The molecule has 138 valence electrons. The van der Waals surface area contributed by atoms with Crippen LogP contribution in [0.25, 0.3) is 0 Å². The normalized spacial score (nSPS) is 32.0. The van der Waals surface area contributed by atoms with Crippen molar-refractivity contribution >= 4 is 5.96 Å². The topological polar surface area (TPSA) is 46.1 Å². The quantitative estimate of drug-likeness (QED) is 0.598. The third-order valence-corrected chi connectivity index (χ3v) is 5.64. The summed E-state index contributed by atoms with van der Waals surface area (Å²) in [7, 11) is 1.91. The van der Waals surface area contributed by atoms with Crippen LogP contribution in [-0.4, -0.2) is 62.5 Å². The second kappa shape index (κ2) is 9.04. The van der Waals surface area contributed by atoms with Crippen LogP contribution in [0.5, 0.6) is 0 Å². The standard InChI is InChI=1S/C19H35N3O2/c1-3-6-15-13-18(15)21-19(20-2)22-10-8-16(9-11-22)24-14-17-7-4-5-12-23-17/h15-18H,3-14H2,1-2H3,(H,20,21). The van der Waals surface area contributed by atoms with E-state index < -0.39 is 0 Å². The maximum Gasteiger partial charge on any atom is 0.193 e. The predicted octanol–water partition coefficient (Wildman–Crippen LogP) is 2.80. The average molecular weight is 338 g/mol. The summed E-state index contributed by atoms with van der Waals surface area (Å²) in [6.07, 6.45) is 10.5. The molecular formula is C19H35N3O2. The van der Waals surface area contributed by atoms with Crippen molar-refractivity contribution < 1.29 is 9.47 Å². The highest BCUT2D eigenvalue weighted by molar-refractivity contribution is 5.80. The van der Waals surface area contributed by atoms with E-state index >= 15 is 0 Å². The molecule has 5 heteroatoms. The average Bonchev–Trinajstić information content (AvgIpc) is 3.37. The predicted molar refractivity (Wildman–Crippen MR) is 97.4 cm³/mol. The molecule has 2 aliphatic heterocycles. The lowest BCUT2D eigenvalue weighted by atomic mass is 10.1. The van der Waals surface area contributed by atoms with Gasteiger partial charge in [0.25, 0.3) is 0 Å². The van der Waals surface area contributed by atoms with Crippen LogP contribution in [0.2, 0.25) is 0 Å². The summed E-state index contributed by atoms with van der Waals surface area (Å²) in [6, 6.07) is 0.654. The maximum absolute atomic E-state index is 6.11. The first-order valence-corrected chi connectivity index (χ1v) is 10.0. The molecule has 3 fully saturated rings. The highest BCUT2D eigenvalue weighted by Crippen LogP contribution is 2.34. The zero-order valence-corrected chi connectivity index (χ0v) is 15.5. The van der Waals surface area contributed by atoms with Crippen molar-refractivity contribution in [2.24, 2.45) is 10.9 Å². The van der Waals surface area contributed by atoms with E-state index in [0.717, 1.165) is 57.4 Å². The number of nitrogens with zero attached hydrogens (tertiary/aromatic N) is 2. The van der Waals surface area contributed by atoms with Gasteiger partial charge in [0.05, 0.1) is 18.8 Å². The van der Waals surface area contributed by atoms with E-state index in [4.69, 9.17) is 9.47 Å². The fourth-order valence-corrected chi connectivity index (χ4v) is 3.99. The summed E-state index contributed by atoms with van der Waals surface area (Å²) in [5.74, 6) is 1.95. The van der Waals surface area contributed by atoms with Crippen LogP contribution in [0, 0.1) is 5.92 Å². The molecule has 0 aromatic rings. The van der Waals surface area contributed by atoms with Gasteiger partial charge in [-0.05, 0) is 50.9 Å². The molecule has 1 N–H and O–H groups in total. The lowest BCUT2D eigenvalue weighted by molar-refractivity contribution is -0.0721. The molecule has 3 aliphatic rings. The Hall–Kier alpha value is -0.810. The number of rotatable bonds is 6. The Labute approximate surface area is 147 Å². The van der Waals surface area contributed by atoms with E-state index in [1.165, 1.54) is 32.1 Å². The molecule has 1 saturated carbocycles. The molecule has 1 aliphatic carbocycles. The van der Waals surface area contributed by atoms with Crippen LogP contribution in [0.1, 0.15) is 58.3 Å². The van der Waals surface area contributed by atoms with E-state index in [9.17, 15) is 0 Å². The van der Waals surface area contributed by atoms with Gasteiger partial charge in [0.2, 0.25) is 0 Å². The second-order valence-corrected chi connectivity index (χ2v) is 7.59. The van der Waals surface area contributed by atoms with E-state index in [1.54, 1.807) is 0 Å². The van der Waals surface area contributed by atoms with Crippen molar-refractivity contribution in [3.05, 3.63) is 0 Å². The summed E-state index contributed by atoms with van der Waals surface area (Å²) in [4.78, 5) is 6.90. The third kappa shape index (κ3) is 5.09. The molecule has 2 saturated heterocycles. The minimum absolute atomic E-state index is 0.330. The van der Waals surface area contributed by atoms with E-state index in [-0.39, 0.29) is 0 Å². The number of piperidine rings is 1. The van der Waals surface area contributed by atoms with Gasteiger partial charge >= 0.3 is 0 Å². The van der Waals surface area contributed by atoms with Crippen molar-refractivity contribution in [2.75, 3.05) is 33.4 Å². The molecule has 24 heavy (non-hydrogen) atoms. The van der Waals surface area contributed by atoms with Crippen LogP contribution < -0.4 is 5.32 Å². The first-order chi connectivity index (χ1) is 11.8. The zero-order chi connectivity index (χ0) is 16.8. The fourth-order valence-electron chi connectivity index (χ4n) is 3.99. The van der Waals surface area contributed by atoms with Crippen molar-refractivity contribution in [3.8, 4) is 0 Å². The molecule has 5 nitrogen and oxygen atoms in total. The van der Waals surface area contributed by atoms with Crippen LogP contribution in [0.3, 0.4) is 0 Å². The summed E-state index contributed by atoms with van der Waals surface area (Å²) in [5.41, 5.74) is 0. The highest BCUT2D eigenvalue weighted by atomic mass is 16.5. The Morgan fingerprint density at radius 3 is 2.75 bits per heavy atom. The van der Waals surface area contributed by atoms with E-state index in [0.29, 0.717) is 18.2 Å². The molecular weight excluding hydrogens is 302 g/mol. The molecule has 3 rings (SSSR count). The molecule has 0 radical (unpaired) electrons. The van der Waals surface area contributed by atoms with Gasteiger partial charge in [0.15, 0.2) is 5.96 Å². The monoisotopic (exact) mass is 337 g/mol. The summed E-state index contributed by atoms with van der Waals surface area (Å²) >= 11 is 0.